The molecule has 1 aromatic rings. The van der Waals surface area contributed by atoms with Crippen molar-refractivity contribution < 1.29 is 4.74 Å². The summed E-state index contributed by atoms with van der Waals surface area (Å²) in [6.45, 7) is 2.20. The van der Waals surface area contributed by atoms with Gasteiger partial charge in [0.2, 0.25) is 0 Å². The van der Waals surface area contributed by atoms with E-state index in [0.717, 1.165) is 31.6 Å². The van der Waals surface area contributed by atoms with Gasteiger partial charge in [0.05, 0.1) is 0 Å². The van der Waals surface area contributed by atoms with E-state index in [9.17, 15) is 0 Å². The summed E-state index contributed by atoms with van der Waals surface area (Å²) in [5, 5.41) is 0. The minimum Gasteiger partial charge on any atom is -0.489 e. The monoisotopic (exact) mass is 274 g/mol. The molecule has 1 atom stereocenters. The maximum Gasteiger partial charge on any atom is 0.124 e. The van der Waals surface area contributed by atoms with Gasteiger partial charge in [-0.25, -0.2) is 0 Å². The van der Waals surface area contributed by atoms with Crippen LogP contribution in [0.25, 0.3) is 0 Å². The zero-order valence-corrected chi connectivity index (χ0v) is 12.5. The Labute approximate surface area is 122 Å². The van der Waals surface area contributed by atoms with E-state index in [4.69, 9.17) is 10.5 Å². The molecule has 3 nitrogen and oxygen atoms in total. The molecule has 3 heteroatoms. The third-order valence-corrected chi connectivity index (χ3v) is 4.79. The molecular formula is C17H26N2O. The Bertz CT molecular complexity index is 454. The molecule has 1 saturated heterocycles. The van der Waals surface area contributed by atoms with Gasteiger partial charge in [-0.2, -0.15) is 0 Å². The smallest absolute Gasteiger partial charge is 0.124 e. The number of hydrogen-bond donors (Lipinski definition) is 1. The summed E-state index contributed by atoms with van der Waals surface area (Å²) in [4.78, 5) is 2.35. The molecule has 110 valence electrons. The summed E-state index contributed by atoms with van der Waals surface area (Å²) >= 11 is 0. The lowest BCUT2D eigenvalue weighted by Crippen LogP contribution is -2.39. The number of rotatable bonds is 3. The number of ether oxygens (including phenoxy) is 1. The van der Waals surface area contributed by atoms with Crippen LogP contribution in [-0.4, -0.2) is 31.1 Å². The highest BCUT2D eigenvalue weighted by atomic mass is 16.5. The van der Waals surface area contributed by atoms with E-state index in [-0.39, 0.29) is 5.54 Å². The number of likely N-dealkylation sites (tertiary alicyclic amines) is 1. The number of nitrogens with zero attached hydrogens (tertiary/aromatic N) is 1. The number of benzene rings is 1. The van der Waals surface area contributed by atoms with Gasteiger partial charge in [-0.3, -0.25) is 0 Å². The maximum absolute atomic E-state index is 6.62. The maximum atomic E-state index is 6.62. The molecule has 0 amide bonds. The molecule has 1 aliphatic heterocycles. The van der Waals surface area contributed by atoms with Crippen LogP contribution < -0.4 is 10.5 Å². The Morgan fingerprint density at radius 2 is 1.95 bits per heavy atom. The molecule has 0 radical (unpaired) electrons. The van der Waals surface area contributed by atoms with Gasteiger partial charge in [0.1, 0.15) is 11.9 Å². The predicted molar refractivity (Wildman–Crippen MR) is 81.9 cm³/mol. The van der Waals surface area contributed by atoms with Crippen molar-refractivity contribution in [3.05, 3.63) is 29.8 Å². The van der Waals surface area contributed by atoms with E-state index < -0.39 is 0 Å². The lowest BCUT2D eigenvalue weighted by molar-refractivity contribution is 0.102. The average Bonchev–Trinajstić information content (AvgIpc) is 2.87. The van der Waals surface area contributed by atoms with Crippen LogP contribution >= 0.6 is 0 Å². The highest BCUT2D eigenvalue weighted by molar-refractivity contribution is 5.39. The molecule has 1 unspecified atom stereocenters. The quantitative estimate of drug-likeness (QED) is 0.921. The Kier molecular flexibility index (Phi) is 3.99. The van der Waals surface area contributed by atoms with E-state index in [1.807, 2.05) is 0 Å². The minimum atomic E-state index is -0.169. The Balaban J connectivity index is 1.79. The molecule has 1 aromatic carbocycles. The highest BCUT2D eigenvalue weighted by Gasteiger charge is 2.34. The van der Waals surface area contributed by atoms with Crippen LogP contribution in [0.4, 0.5) is 0 Å². The third-order valence-electron chi connectivity index (χ3n) is 4.79. The molecule has 1 aliphatic carbocycles. The van der Waals surface area contributed by atoms with Gasteiger partial charge in [0.25, 0.3) is 0 Å². The molecule has 1 heterocycles. The first-order valence-corrected chi connectivity index (χ1v) is 7.91. The fourth-order valence-electron chi connectivity index (χ4n) is 3.65. The van der Waals surface area contributed by atoms with Crippen molar-refractivity contribution >= 4 is 0 Å². The van der Waals surface area contributed by atoms with E-state index in [1.165, 1.54) is 31.4 Å². The zero-order chi connectivity index (χ0) is 14.0. The van der Waals surface area contributed by atoms with Crippen LogP contribution in [0.3, 0.4) is 0 Å². The van der Waals surface area contributed by atoms with Crippen molar-refractivity contribution in [1.82, 2.24) is 4.90 Å². The van der Waals surface area contributed by atoms with Crippen molar-refractivity contribution in [2.75, 3.05) is 20.1 Å². The third kappa shape index (κ3) is 2.84. The fraction of sp³-hybridized carbons (Fsp3) is 0.647. The standard InChI is InChI=1S/C17H26N2O/c1-19-12-6-7-14(13-19)20-16-9-3-2-8-15(16)17(18)10-4-5-11-17/h2-3,8-9,14H,4-7,10-13,18H2,1H3. The van der Waals surface area contributed by atoms with Crippen LogP contribution in [0.15, 0.2) is 24.3 Å². The first-order valence-electron chi connectivity index (χ1n) is 7.91. The molecule has 20 heavy (non-hydrogen) atoms. The molecule has 0 aromatic heterocycles. The molecule has 2 N–H and O–H groups in total. The van der Waals surface area contributed by atoms with Gasteiger partial charge in [-0.05, 0) is 45.3 Å². The number of piperidine rings is 1. The van der Waals surface area contributed by atoms with Gasteiger partial charge >= 0.3 is 0 Å². The summed E-state index contributed by atoms with van der Waals surface area (Å²) in [5.74, 6) is 1.01. The Morgan fingerprint density at radius 3 is 2.70 bits per heavy atom. The van der Waals surface area contributed by atoms with Gasteiger partial charge in [-0.1, -0.05) is 31.0 Å². The van der Waals surface area contributed by atoms with E-state index in [1.54, 1.807) is 0 Å². The molecule has 3 rings (SSSR count). The molecule has 2 aliphatic rings. The molecule has 2 fully saturated rings. The number of para-hydroxylation sites is 1. The summed E-state index contributed by atoms with van der Waals surface area (Å²) in [6, 6.07) is 8.40. The van der Waals surface area contributed by atoms with Gasteiger partial charge in [0.15, 0.2) is 0 Å². The first kappa shape index (κ1) is 13.9. The number of nitrogens with two attached hydrogens (primary N) is 1. The van der Waals surface area contributed by atoms with Gasteiger partial charge in [-0.15, -0.1) is 0 Å². The predicted octanol–water partition coefficient (Wildman–Crippen LogP) is 2.89. The van der Waals surface area contributed by atoms with Gasteiger partial charge in [0, 0.05) is 17.6 Å². The van der Waals surface area contributed by atoms with Crippen LogP contribution in [0.2, 0.25) is 0 Å². The fourth-order valence-corrected chi connectivity index (χ4v) is 3.65. The molecule has 0 bridgehead atoms. The largest absolute Gasteiger partial charge is 0.489 e. The second kappa shape index (κ2) is 5.74. The minimum absolute atomic E-state index is 0.169. The van der Waals surface area contributed by atoms with Gasteiger partial charge < -0.3 is 15.4 Å². The van der Waals surface area contributed by atoms with Crippen molar-refractivity contribution in [3.63, 3.8) is 0 Å². The van der Waals surface area contributed by atoms with Crippen molar-refractivity contribution in [3.8, 4) is 5.75 Å². The zero-order valence-electron chi connectivity index (χ0n) is 12.5. The summed E-state index contributed by atoms with van der Waals surface area (Å²) < 4.78 is 6.31. The van der Waals surface area contributed by atoms with Crippen molar-refractivity contribution in [1.29, 1.82) is 0 Å². The summed E-state index contributed by atoms with van der Waals surface area (Å²) in [7, 11) is 2.17. The molecular weight excluding hydrogens is 248 g/mol. The summed E-state index contributed by atoms with van der Waals surface area (Å²) in [6.07, 6.45) is 7.30. The van der Waals surface area contributed by atoms with E-state index in [2.05, 4.69) is 36.2 Å². The topological polar surface area (TPSA) is 38.5 Å². The highest BCUT2D eigenvalue weighted by Crippen LogP contribution is 2.40. The SMILES string of the molecule is CN1CCCC(Oc2ccccc2C2(N)CCCC2)C1. The van der Waals surface area contributed by atoms with Crippen molar-refractivity contribution in [2.24, 2.45) is 5.73 Å². The second-order valence-corrected chi connectivity index (χ2v) is 6.50. The Morgan fingerprint density at radius 1 is 1.20 bits per heavy atom. The lowest BCUT2D eigenvalue weighted by Gasteiger charge is -2.33. The van der Waals surface area contributed by atoms with Crippen LogP contribution in [0.1, 0.15) is 44.1 Å². The Hall–Kier alpha value is -1.06. The second-order valence-electron chi connectivity index (χ2n) is 6.50. The van der Waals surface area contributed by atoms with E-state index in [0.29, 0.717) is 6.10 Å². The first-order chi connectivity index (χ1) is 9.67. The van der Waals surface area contributed by atoms with Crippen LogP contribution in [0, 0.1) is 0 Å². The lowest BCUT2D eigenvalue weighted by atomic mass is 9.88. The normalized spacial score (nSPS) is 26.6. The number of hydrogen-bond acceptors (Lipinski definition) is 3. The van der Waals surface area contributed by atoms with Crippen molar-refractivity contribution in [2.45, 2.75) is 50.2 Å². The average molecular weight is 274 g/mol. The van der Waals surface area contributed by atoms with E-state index >= 15 is 0 Å². The molecule has 1 saturated carbocycles. The molecule has 0 spiro atoms. The number of likely N-dealkylation sites (N-methyl/N-ethyl adjacent to an activating group) is 1. The van der Waals surface area contributed by atoms with Crippen LogP contribution in [0.5, 0.6) is 5.75 Å². The summed E-state index contributed by atoms with van der Waals surface area (Å²) in [5.41, 5.74) is 7.67. The van der Waals surface area contributed by atoms with Crippen LogP contribution in [-0.2, 0) is 5.54 Å².